The molecule has 0 aliphatic rings. The lowest BCUT2D eigenvalue weighted by atomic mass is 10.0. The van der Waals surface area contributed by atoms with Crippen molar-refractivity contribution in [3.05, 3.63) is 0 Å². The summed E-state index contributed by atoms with van der Waals surface area (Å²) < 4.78 is 36.4. The molecule has 6 heteroatoms. The molecule has 1 N–H and O–H groups in total. The Hall–Kier alpha value is -0.780. The van der Waals surface area contributed by atoms with Crippen LogP contribution in [0.25, 0.3) is 0 Å². The van der Waals surface area contributed by atoms with Crippen LogP contribution in [0.5, 0.6) is 0 Å². The Balaban J connectivity index is 4.63. The molecular weight excluding hydrogens is 209 g/mol. The predicted molar refractivity (Wildman–Crippen MR) is 51.4 cm³/mol. The summed E-state index contributed by atoms with van der Waals surface area (Å²) in [6, 6.07) is 0. The summed E-state index contributed by atoms with van der Waals surface area (Å²) in [6.45, 7) is 3.47. The quantitative estimate of drug-likeness (QED) is 0.785. The number of hydrogen-bond donors (Lipinski definition) is 1. The Morgan fingerprint density at radius 3 is 2.07 bits per heavy atom. The van der Waals surface area contributed by atoms with E-state index < -0.39 is 24.2 Å². The lowest BCUT2D eigenvalue weighted by molar-refractivity contribution is -0.164. The first kappa shape index (κ1) is 14.2. The van der Waals surface area contributed by atoms with E-state index in [-0.39, 0.29) is 6.54 Å². The van der Waals surface area contributed by atoms with Crippen LogP contribution in [0.1, 0.15) is 20.8 Å². The molecule has 0 aromatic rings. The highest BCUT2D eigenvalue weighted by Gasteiger charge is 2.37. The topological polar surface area (TPSA) is 32.3 Å². The molecule has 0 aromatic heterocycles. The van der Waals surface area contributed by atoms with E-state index in [0.717, 1.165) is 4.90 Å². The highest BCUT2D eigenvalue weighted by atomic mass is 19.4. The van der Waals surface area contributed by atoms with Crippen molar-refractivity contribution in [2.45, 2.75) is 32.5 Å². The zero-order chi connectivity index (χ0) is 12.3. The van der Waals surface area contributed by atoms with E-state index in [1.54, 1.807) is 20.9 Å². The van der Waals surface area contributed by atoms with E-state index >= 15 is 0 Å². The second-order valence-electron chi connectivity index (χ2n) is 3.81. The van der Waals surface area contributed by atoms with Gasteiger partial charge in [0.1, 0.15) is 6.54 Å². The van der Waals surface area contributed by atoms with Crippen molar-refractivity contribution in [3.8, 4) is 0 Å². The van der Waals surface area contributed by atoms with Crippen LogP contribution >= 0.6 is 0 Å². The first-order valence-corrected chi connectivity index (χ1v) is 4.69. The first-order chi connectivity index (χ1) is 6.64. The van der Waals surface area contributed by atoms with Gasteiger partial charge in [0, 0.05) is 6.54 Å². The summed E-state index contributed by atoms with van der Waals surface area (Å²) in [5, 5.41) is 2.68. The van der Waals surface area contributed by atoms with Gasteiger partial charge in [-0.05, 0) is 27.8 Å². The summed E-state index contributed by atoms with van der Waals surface area (Å²) in [4.78, 5) is 12.5. The van der Waals surface area contributed by atoms with Crippen LogP contribution in [0.3, 0.4) is 0 Å². The van der Waals surface area contributed by atoms with Gasteiger partial charge in [0.25, 0.3) is 0 Å². The van der Waals surface area contributed by atoms with Gasteiger partial charge < -0.3 is 10.2 Å². The lowest BCUT2D eigenvalue weighted by Crippen LogP contribution is -2.54. The zero-order valence-corrected chi connectivity index (χ0v) is 9.40. The highest BCUT2D eigenvalue weighted by molar-refractivity contribution is 5.85. The number of carbonyl (C=O) groups is 1. The van der Waals surface area contributed by atoms with E-state index in [1.807, 2.05) is 0 Å². The van der Waals surface area contributed by atoms with Gasteiger partial charge in [-0.15, -0.1) is 0 Å². The van der Waals surface area contributed by atoms with Crippen molar-refractivity contribution in [2.24, 2.45) is 0 Å². The molecule has 0 saturated carbocycles. The predicted octanol–water partition coefficient (Wildman–Crippen LogP) is 1.40. The Kier molecular flexibility index (Phi) is 4.58. The van der Waals surface area contributed by atoms with Gasteiger partial charge in [-0.1, -0.05) is 0 Å². The summed E-state index contributed by atoms with van der Waals surface area (Å²) in [5.74, 6) is -0.551. The van der Waals surface area contributed by atoms with Crippen molar-refractivity contribution in [1.29, 1.82) is 0 Å². The molecule has 0 aliphatic heterocycles. The number of nitrogens with zero attached hydrogens (tertiary/aromatic N) is 1. The Labute approximate surface area is 87.6 Å². The first-order valence-electron chi connectivity index (χ1n) is 4.69. The molecular formula is C9H17F3N2O. The van der Waals surface area contributed by atoms with Gasteiger partial charge in [0.15, 0.2) is 0 Å². The van der Waals surface area contributed by atoms with E-state index in [0.29, 0.717) is 0 Å². The van der Waals surface area contributed by atoms with Crippen LogP contribution in [-0.2, 0) is 4.79 Å². The van der Waals surface area contributed by atoms with Gasteiger partial charge in [-0.25, -0.2) is 0 Å². The molecule has 0 fully saturated rings. The third kappa shape index (κ3) is 4.51. The second-order valence-corrected chi connectivity index (χ2v) is 3.81. The summed E-state index contributed by atoms with van der Waals surface area (Å²) in [6.07, 6.45) is -4.35. The smallest absolute Gasteiger partial charge is 0.332 e. The number of alkyl halides is 3. The van der Waals surface area contributed by atoms with Crippen molar-refractivity contribution in [2.75, 3.05) is 20.1 Å². The minimum atomic E-state index is -4.35. The molecule has 3 nitrogen and oxygen atoms in total. The fourth-order valence-electron chi connectivity index (χ4n) is 1.05. The standard InChI is InChI=1S/C9H17F3N2O/c1-5-14(6-9(10,11)12)7(15)8(2,3)13-4/h13H,5-6H2,1-4H3. The molecule has 0 bridgehead atoms. The number of carbonyl (C=O) groups excluding carboxylic acids is 1. The van der Waals surface area contributed by atoms with Crippen molar-refractivity contribution in [1.82, 2.24) is 10.2 Å². The van der Waals surface area contributed by atoms with E-state index in [2.05, 4.69) is 5.32 Å². The van der Waals surface area contributed by atoms with Crippen LogP contribution in [0, 0.1) is 0 Å². The molecule has 0 saturated heterocycles. The maximum Gasteiger partial charge on any atom is 0.406 e. The van der Waals surface area contributed by atoms with Crippen molar-refractivity contribution in [3.63, 3.8) is 0 Å². The molecule has 0 spiro atoms. The number of rotatable bonds is 4. The Morgan fingerprint density at radius 2 is 1.80 bits per heavy atom. The van der Waals surface area contributed by atoms with Gasteiger partial charge in [0.05, 0.1) is 5.54 Å². The minimum absolute atomic E-state index is 0.0451. The van der Waals surface area contributed by atoms with Crippen LogP contribution in [0.15, 0.2) is 0 Å². The molecule has 1 amide bonds. The normalized spacial score (nSPS) is 12.7. The number of halogens is 3. The van der Waals surface area contributed by atoms with Gasteiger partial charge in [0.2, 0.25) is 5.91 Å². The number of likely N-dealkylation sites (N-methyl/N-ethyl adjacent to an activating group) is 2. The third-order valence-corrected chi connectivity index (χ3v) is 2.20. The second kappa shape index (κ2) is 4.83. The Morgan fingerprint density at radius 1 is 1.33 bits per heavy atom. The maximum absolute atomic E-state index is 12.1. The number of amides is 1. The van der Waals surface area contributed by atoms with Crippen molar-refractivity contribution < 1.29 is 18.0 Å². The fraction of sp³-hybridized carbons (Fsp3) is 0.889. The molecule has 15 heavy (non-hydrogen) atoms. The highest BCUT2D eigenvalue weighted by Crippen LogP contribution is 2.18. The molecule has 0 unspecified atom stereocenters. The van der Waals surface area contributed by atoms with Gasteiger partial charge in [-0.3, -0.25) is 4.79 Å². The average molecular weight is 226 g/mol. The summed E-state index contributed by atoms with van der Waals surface area (Å²) in [5.41, 5.74) is -0.971. The number of nitrogens with one attached hydrogen (secondary N) is 1. The number of hydrogen-bond acceptors (Lipinski definition) is 2. The Bertz CT molecular complexity index is 226. The molecule has 0 heterocycles. The molecule has 0 radical (unpaired) electrons. The van der Waals surface area contributed by atoms with Crippen LogP contribution in [0.2, 0.25) is 0 Å². The summed E-state index contributed by atoms with van der Waals surface area (Å²) >= 11 is 0. The largest absolute Gasteiger partial charge is 0.406 e. The molecule has 0 atom stereocenters. The van der Waals surface area contributed by atoms with Crippen LogP contribution < -0.4 is 5.32 Å². The molecule has 0 aliphatic carbocycles. The van der Waals surface area contributed by atoms with Gasteiger partial charge in [-0.2, -0.15) is 13.2 Å². The average Bonchev–Trinajstić information content (AvgIpc) is 2.11. The summed E-state index contributed by atoms with van der Waals surface area (Å²) in [7, 11) is 1.54. The minimum Gasteiger partial charge on any atom is -0.332 e. The van der Waals surface area contributed by atoms with Crippen molar-refractivity contribution >= 4 is 5.91 Å². The van der Waals surface area contributed by atoms with E-state index in [1.165, 1.54) is 6.92 Å². The van der Waals surface area contributed by atoms with Gasteiger partial charge >= 0.3 is 6.18 Å². The lowest BCUT2D eigenvalue weighted by Gasteiger charge is -2.31. The fourth-order valence-corrected chi connectivity index (χ4v) is 1.05. The molecule has 90 valence electrons. The monoisotopic (exact) mass is 226 g/mol. The van der Waals surface area contributed by atoms with E-state index in [4.69, 9.17) is 0 Å². The third-order valence-electron chi connectivity index (χ3n) is 2.20. The SMILES string of the molecule is CCN(CC(F)(F)F)C(=O)C(C)(C)NC. The van der Waals surface area contributed by atoms with Crippen LogP contribution in [0.4, 0.5) is 13.2 Å². The van der Waals surface area contributed by atoms with E-state index in [9.17, 15) is 18.0 Å². The molecule has 0 aromatic carbocycles. The zero-order valence-electron chi connectivity index (χ0n) is 9.40. The molecule has 0 rings (SSSR count). The maximum atomic E-state index is 12.1. The van der Waals surface area contributed by atoms with Crippen LogP contribution in [-0.4, -0.2) is 42.7 Å².